The number of esters is 1. The molecule has 0 saturated carbocycles. The summed E-state index contributed by atoms with van der Waals surface area (Å²) in [6.45, 7) is 3.92. The number of hydrogen-bond acceptors (Lipinski definition) is 3. The van der Waals surface area contributed by atoms with Crippen molar-refractivity contribution in [1.29, 1.82) is 0 Å². The van der Waals surface area contributed by atoms with Gasteiger partial charge in [0.25, 0.3) is 0 Å². The molecule has 1 aliphatic carbocycles. The van der Waals surface area contributed by atoms with Gasteiger partial charge in [-0.05, 0) is 23.3 Å². The Kier molecular flexibility index (Phi) is 5.21. The molecule has 0 spiro atoms. The zero-order valence-corrected chi connectivity index (χ0v) is 15.3. The van der Waals surface area contributed by atoms with Crippen molar-refractivity contribution in [2.24, 2.45) is 5.92 Å². The van der Waals surface area contributed by atoms with E-state index in [1.165, 1.54) is 18.4 Å². The fourth-order valence-corrected chi connectivity index (χ4v) is 4.06. The van der Waals surface area contributed by atoms with Crippen LogP contribution in [0, 0.1) is 5.92 Å². The molecule has 3 atom stereocenters. The van der Waals surface area contributed by atoms with E-state index in [4.69, 9.17) is 27.9 Å². The average molecular weight is 366 g/mol. The zero-order chi connectivity index (χ0) is 17.3. The van der Waals surface area contributed by atoms with Crippen LogP contribution >= 0.6 is 23.2 Å². The molecule has 3 unspecified atom stereocenters. The molecule has 3 nitrogen and oxygen atoms in total. The normalized spacial score (nSPS) is 25.4. The molecule has 0 N–H and O–H groups in total. The Labute approximate surface area is 152 Å². The maximum absolute atomic E-state index is 11.5. The summed E-state index contributed by atoms with van der Waals surface area (Å²) >= 11 is 12.8. The molecule has 5 heteroatoms. The third-order valence-corrected chi connectivity index (χ3v) is 5.60. The molecule has 0 radical (unpaired) electrons. The van der Waals surface area contributed by atoms with Gasteiger partial charge in [-0.15, -0.1) is 11.6 Å². The van der Waals surface area contributed by atoms with E-state index in [1.807, 2.05) is 24.3 Å². The Hall–Kier alpha value is -1.45. The van der Waals surface area contributed by atoms with Crippen LogP contribution < -0.4 is 4.90 Å². The second-order valence-electron chi connectivity index (χ2n) is 6.44. The van der Waals surface area contributed by atoms with Gasteiger partial charge in [-0.2, -0.15) is 0 Å². The molecular formula is C19H21Cl2NO2. The van der Waals surface area contributed by atoms with Crippen LogP contribution in [0.1, 0.15) is 24.0 Å². The van der Waals surface area contributed by atoms with Crippen molar-refractivity contribution < 1.29 is 9.53 Å². The number of carbonyl (C=O) groups is 1. The van der Waals surface area contributed by atoms with Crippen LogP contribution in [0.2, 0.25) is 0 Å². The molecule has 0 saturated heterocycles. The summed E-state index contributed by atoms with van der Waals surface area (Å²) < 4.78 is 4.77. The topological polar surface area (TPSA) is 29.5 Å². The molecule has 1 heterocycles. The van der Waals surface area contributed by atoms with E-state index in [2.05, 4.69) is 24.0 Å². The number of halogens is 2. The van der Waals surface area contributed by atoms with Crippen LogP contribution in [-0.4, -0.2) is 31.5 Å². The first-order chi connectivity index (χ1) is 11.5. The molecule has 3 rings (SSSR count). The van der Waals surface area contributed by atoms with E-state index in [-0.39, 0.29) is 23.7 Å². The van der Waals surface area contributed by atoms with Crippen LogP contribution in [-0.2, 0) is 16.0 Å². The number of carbonyl (C=O) groups excluding carboxylic acids is 1. The van der Waals surface area contributed by atoms with E-state index in [0.29, 0.717) is 5.92 Å². The highest BCUT2D eigenvalue weighted by atomic mass is 35.5. The van der Waals surface area contributed by atoms with Crippen molar-refractivity contribution >= 4 is 34.9 Å². The van der Waals surface area contributed by atoms with Gasteiger partial charge in [0.1, 0.15) is 0 Å². The molecule has 1 aromatic carbocycles. The van der Waals surface area contributed by atoms with Gasteiger partial charge >= 0.3 is 5.97 Å². The SMILES string of the molecule is COC(=O)Cc1ccc2c(c1)N(CC1C(Cl)=CC=CC1Cl)CC2C. The summed E-state index contributed by atoms with van der Waals surface area (Å²) in [4.78, 5) is 13.9. The standard InChI is InChI=1S/C19H21Cl2NO2/c1-12-10-22(11-15-16(20)4-3-5-17(15)21)18-8-13(6-7-14(12)18)9-19(23)24-2/h3-8,12,15-16H,9-11H2,1-2H3. The van der Waals surface area contributed by atoms with Crippen LogP contribution in [0.15, 0.2) is 41.5 Å². The number of nitrogens with zero attached hydrogens (tertiary/aromatic N) is 1. The fraction of sp³-hybridized carbons (Fsp3) is 0.421. The van der Waals surface area contributed by atoms with Crippen molar-refractivity contribution in [2.45, 2.75) is 24.6 Å². The van der Waals surface area contributed by atoms with Gasteiger partial charge in [-0.3, -0.25) is 4.79 Å². The first-order valence-corrected chi connectivity index (χ1v) is 8.93. The molecule has 0 aromatic heterocycles. The smallest absolute Gasteiger partial charge is 0.309 e. The minimum Gasteiger partial charge on any atom is -0.469 e. The summed E-state index contributed by atoms with van der Waals surface area (Å²) in [6.07, 6.45) is 6.09. The summed E-state index contributed by atoms with van der Waals surface area (Å²) in [5, 5.41) is 0.699. The molecule has 1 aliphatic heterocycles. The highest BCUT2D eigenvalue weighted by Crippen LogP contribution is 2.39. The van der Waals surface area contributed by atoms with E-state index in [0.717, 1.165) is 23.7 Å². The molecule has 24 heavy (non-hydrogen) atoms. The van der Waals surface area contributed by atoms with Gasteiger partial charge in [0, 0.05) is 35.6 Å². The number of alkyl halides is 1. The second kappa shape index (κ2) is 7.20. The van der Waals surface area contributed by atoms with Crippen molar-refractivity contribution in [3.05, 3.63) is 52.6 Å². The second-order valence-corrected chi connectivity index (χ2v) is 7.38. The van der Waals surface area contributed by atoms with Gasteiger partial charge in [-0.25, -0.2) is 0 Å². The average Bonchev–Trinajstić information content (AvgIpc) is 2.86. The van der Waals surface area contributed by atoms with E-state index in [9.17, 15) is 4.79 Å². The quantitative estimate of drug-likeness (QED) is 0.590. The summed E-state index contributed by atoms with van der Waals surface area (Å²) in [5.74, 6) is 0.306. The third kappa shape index (κ3) is 3.47. The Morgan fingerprint density at radius 3 is 2.92 bits per heavy atom. The highest BCUT2D eigenvalue weighted by molar-refractivity contribution is 6.31. The number of ether oxygens (including phenoxy) is 1. The maximum Gasteiger partial charge on any atom is 0.309 e. The number of hydrogen-bond donors (Lipinski definition) is 0. The number of rotatable bonds is 4. The molecular weight excluding hydrogens is 345 g/mol. The maximum atomic E-state index is 11.5. The lowest BCUT2D eigenvalue weighted by Crippen LogP contribution is -2.33. The highest BCUT2D eigenvalue weighted by Gasteiger charge is 2.31. The van der Waals surface area contributed by atoms with Crippen molar-refractivity contribution in [3.63, 3.8) is 0 Å². The van der Waals surface area contributed by atoms with Crippen molar-refractivity contribution in [1.82, 2.24) is 0 Å². The molecule has 0 amide bonds. The Morgan fingerprint density at radius 1 is 1.42 bits per heavy atom. The molecule has 0 fully saturated rings. The first kappa shape index (κ1) is 17.4. The number of allylic oxidation sites excluding steroid dienone is 3. The minimum atomic E-state index is -0.225. The van der Waals surface area contributed by atoms with Gasteiger partial charge < -0.3 is 9.64 Å². The molecule has 0 bridgehead atoms. The lowest BCUT2D eigenvalue weighted by Gasteiger charge is -2.29. The lowest BCUT2D eigenvalue weighted by molar-refractivity contribution is -0.139. The summed E-state index contributed by atoms with van der Waals surface area (Å²) in [7, 11) is 1.41. The molecule has 2 aliphatic rings. The van der Waals surface area contributed by atoms with E-state index < -0.39 is 0 Å². The monoisotopic (exact) mass is 365 g/mol. The summed E-state index contributed by atoms with van der Waals surface area (Å²) in [5.41, 5.74) is 3.44. The number of anilines is 1. The fourth-order valence-electron chi connectivity index (χ4n) is 3.42. The van der Waals surface area contributed by atoms with Crippen LogP contribution in [0.3, 0.4) is 0 Å². The predicted molar refractivity (Wildman–Crippen MR) is 99.0 cm³/mol. The van der Waals surface area contributed by atoms with Gasteiger partial charge in [-0.1, -0.05) is 42.8 Å². The number of benzene rings is 1. The zero-order valence-electron chi connectivity index (χ0n) is 13.8. The van der Waals surface area contributed by atoms with Crippen LogP contribution in [0.5, 0.6) is 0 Å². The van der Waals surface area contributed by atoms with Gasteiger partial charge in [0.05, 0.1) is 18.9 Å². The molecule has 1 aromatic rings. The third-order valence-electron chi connectivity index (χ3n) is 4.74. The minimum absolute atomic E-state index is 0.0840. The van der Waals surface area contributed by atoms with Crippen molar-refractivity contribution in [3.8, 4) is 0 Å². The number of methoxy groups -OCH3 is 1. The van der Waals surface area contributed by atoms with Crippen molar-refractivity contribution in [2.75, 3.05) is 25.1 Å². The van der Waals surface area contributed by atoms with Gasteiger partial charge in [0.2, 0.25) is 0 Å². The lowest BCUT2D eigenvalue weighted by atomic mass is 9.99. The molecule has 128 valence electrons. The van der Waals surface area contributed by atoms with Gasteiger partial charge in [0.15, 0.2) is 0 Å². The number of fused-ring (bicyclic) bond motifs is 1. The first-order valence-electron chi connectivity index (χ1n) is 8.12. The van der Waals surface area contributed by atoms with Crippen LogP contribution in [0.4, 0.5) is 5.69 Å². The predicted octanol–water partition coefficient (Wildman–Crippen LogP) is 4.24. The van der Waals surface area contributed by atoms with Crippen LogP contribution in [0.25, 0.3) is 0 Å². The van der Waals surface area contributed by atoms with E-state index >= 15 is 0 Å². The Bertz CT molecular complexity index is 699. The Balaban J connectivity index is 1.83. The Morgan fingerprint density at radius 2 is 2.21 bits per heavy atom. The summed E-state index contributed by atoms with van der Waals surface area (Å²) in [6, 6.07) is 6.22. The van der Waals surface area contributed by atoms with E-state index in [1.54, 1.807) is 0 Å². The largest absolute Gasteiger partial charge is 0.469 e.